The van der Waals surface area contributed by atoms with Gasteiger partial charge in [0.15, 0.2) is 0 Å². The molecule has 0 aromatic rings. The molecule has 0 heterocycles. The first-order valence-electron chi connectivity index (χ1n) is 2.88. The number of carbonyl (C=O) groups excluding carboxylic acids is 2. The summed E-state index contributed by atoms with van der Waals surface area (Å²) < 4.78 is 0. The Morgan fingerprint density at radius 1 is 1.27 bits per heavy atom. The highest BCUT2D eigenvalue weighted by atomic mass is 16.3. The van der Waals surface area contributed by atoms with Gasteiger partial charge in [-0.15, -0.1) is 0 Å². The smallest absolute Gasteiger partial charge is 0.254 e. The molecule has 0 bridgehead atoms. The molecule has 0 aromatic heterocycles. The lowest BCUT2D eigenvalue weighted by atomic mass is 10.4. The quantitative estimate of drug-likeness (QED) is 0.448. The number of amides is 2. The fourth-order valence-corrected chi connectivity index (χ4v) is 0.468. The third-order valence-electron chi connectivity index (χ3n) is 1.02. The number of aliphatic hydroxyl groups is 1. The molecule has 0 saturated heterocycles. The van der Waals surface area contributed by atoms with E-state index in [-0.39, 0.29) is 0 Å². The first-order valence-corrected chi connectivity index (χ1v) is 2.88. The van der Waals surface area contributed by atoms with E-state index in [1.165, 1.54) is 0 Å². The maximum atomic E-state index is 10.7. The van der Waals surface area contributed by atoms with Crippen molar-refractivity contribution in [2.24, 2.45) is 0 Å². The number of imide groups is 1. The van der Waals surface area contributed by atoms with Crippen LogP contribution in [-0.4, -0.2) is 28.6 Å². The van der Waals surface area contributed by atoms with Gasteiger partial charge in [0.1, 0.15) is 6.73 Å². The molecule has 0 aliphatic heterocycles. The average Bonchev–Trinajstić information content (AvgIpc) is 2.05. The Morgan fingerprint density at radius 3 is 1.82 bits per heavy atom. The molecule has 0 aliphatic carbocycles. The largest absolute Gasteiger partial charge is 0.376 e. The Balaban J connectivity index is 4.39. The molecule has 4 nitrogen and oxygen atoms in total. The normalized spacial score (nSPS) is 8.45. The van der Waals surface area contributed by atoms with Crippen LogP contribution in [-0.2, 0) is 9.59 Å². The zero-order valence-electron chi connectivity index (χ0n) is 5.99. The Morgan fingerprint density at radius 2 is 1.64 bits per heavy atom. The standard InChI is InChI=1S/C7H9NO3/c1-3-6(10)8(5-9)7(11)4-2/h3-4,9H,1-2,5H2. The van der Waals surface area contributed by atoms with Crippen LogP contribution in [0.25, 0.3) is 0 Å². The van der Waals surface area contributed by atoms with Crippen LogP contribution in [0.15, 0.2) is 25.3 Å². The van der Waals surface area contributed by atoms with E-state index in [1.807, 2.05) is 0 Å². The minimum Gasteiger partial charge on any atom is -0.376 e. The molecule has 0 fully saturated rings. The summed E-state index contributed by atoms with van der Waals surface area (Å²) in [5.41, 5.74) is 0. The number of carbonyl (C=O) groups is 2. The molecule has 0 rings (SSSR count). The monoisotopic (exact) mass is 155 g/mol. The highest BCUT2D eigenvalue weighted by molar-refractivity contribution is 6.04. The van der Waals surface area contributed by atoms with Crippen molar-refractivity contribution in [3.63, 3.8) is 0 Å². The lowest BCUT2D eigenvalue weighted by molar-refractivity contribution is -0.142. The van der Waals surface area contributed by atoms with Gasteiger partial charge in [-0.25, -0.2) is 0 Å². The molecule has 0 radical (unpaired) electrons. The maximum Gasteiger partial charge on any atom is 0.254 e. The van der Waals surface area contributed by atoms with E-state index in [1.54, 1.807) is 0 Å². The van der Waals surface area contributed by atoms with E-state index in [4.69, 9.17) is 5.11 Å². The Labute approximate surface area is 64.4 Å². The Bertz CT molecular complexity index is 178. The van der Waals surface area contributed by atoms with Gasteiger partial charge < -0.3 is 5.11 Å². The highest BCUT2D eigenvalue weighted by Crippen LogP contribution is 1.90. The first kappa shape index (κ1) is 9.58. The van der Waals surface area contributed by atoms with Crippen molar-refractivity contribution in [2.45, 2.75) is 0 Å². The van der Waals surface area contributed by atoms with Crippen LogP contribution >= 0.6 is 0 Å². The summed E-state index contributed by atoms with van der Waals surface area (Å²) in [6, 6.07) is 0. The third-order valence-corrected chi connectivity index (χ3v) is 1.02. The molecular formula is C7H9NO3. The van der Waals surface area contributed by atoms with E-state index in [9.17, 15) is 9.59 Å². The highest BCUT2D eigenvalue weighted by Gasteiger charge is 2.13. The summed E-state index contributed by atoms with van der Waals surface area (Å²) in [6.45, 7) is 5.66. The predicted molar refractivity (Wildman–Crippen MR) is 39.3 cm³/mol. The Hall–Kier alpha value is -1.42. The summed E-state index contributed by atoms with van der Waals surface area (Å²) in [6.07, 6.45) is 1.88. The summed E-state index contributed by atoms with van der Waals surface area (Å²) in [7, 11) is 0. The van der Waals surface area contributed by atoms with E-state index < -0.39 is 18.5 Å². The fourth-order valence-electron chi connectivity index (χ4n) is 0.468. The van der Waals surface area contributed by atoms with Crippen LogP contribution in [0.4, 0.5) is 0 Å². The first-order chi connectivity index (χ1) is 5.17. The molecule has 0 unspecified atom stereocenters. The molecule has 4 heteroatoms. The van der Waals surface area contributed by atoms with Crippen molar-refractivity contribution in [1.29, 1.82) is 0 Å². The predicted octanol–water partition coefficient (Wildman–Crippen LogP) is -0.337. The van der Waals surface area contributed by atoms with Gasteiger partial charge in [-0.1, -0.05) is 13.2 Å². The van der Waals surface area contributed by atoms with Gasteiger partial charge in [0.2, 0.25) is 0 Å². The van der Waals surface area contributed by atoms with Crippen LogP contribution in [0.3, 0.4) is 0 Å². The van der Waals surface area contributed by atoms with Crippen molar-refractivity contribution in [2.75, 3.05) is 6.73 Å². The van der Waals surface area contributed by atoms with E-state index in [0.29, 0.717) is 4.90 Å². The van der Waals surface area contributed by atoms with Gasteiger partial charge >= 0.3 is 0 Å². The van der Waals surface area contributed by atoms with Gasteiger partial charge in [-0.2, -0.15) is 0 Å². The van der Waals surface area contributed by atoms with Gasteiger partial charge in [0.05, 0.1) is 0 Å². The zero-order chi connectivity index (χ0) is 8.85. The van der Waals surface area contributed by atoms with E-state index in [0.717, 1.165) is 12.2 Å². The van der Waals surface area contributed by atoms with Crippen molar-refractivity contribution in [3.8, 4) is 0 Å². The SMILES string of the molecule is C=CC(=O)N(CO)C(=O)C=C. The topological polar surface area (TPSA) is 57.6 Å². The van der Waals surface area contributed by atoms with Crippen LogP contribution < -0.4 is 0 Å². The van der Waals surface area contributed by atoms with Crippen molar-refractivity contribution in [1.82, 2.24) is 4.90 Å². The molecule has 0 spiro atoms. The summed E-state index contributed by atoms with van der Waals surface area (Å²) in [5, 5.41) is 8.52. The number of nitrogens with zero attached hydrogens (tertiary/aromatic N) is 1. The molecular weight excluding hydrogens is 146 g/mol. The average molecular weight is 155 g/mol. The third kappa shape index (κ3) is 2.35. The molecule has 0 aromatic carbocycles. The van der Waals surface area contributed by atoms with Crippen LogP contribution in [0.5, 0.6) is 0 Å². The molecule has 0 atom stereocenters. The van der Waals surface area contributed by atoms with Gasteiger partial charge in [0.25, 0.3) is 11.8 Å². The lowest BCUT2D eigenvalue weighted by Crippen LogP contribution is -2.34. The Kier molecular flexibility index (Phi) is 3.84. The van der Waals surface area contributed by atoms with Crippen molar-refractivity contribution >= 4 is 11.8 Å². The summed E-state index contributed by atoms with van der Waals surface area (Å²) in [5.74, 6) is -1.28. The second-order valence-electron chi connectivity index (χ2n) is 1.65. The van der Waals surface area contributed by atoms with Crippen molar-refractivity contribution in [3.05, 3.63) is 25.3 Å². The molecule has 1 N–H and O–H groups in total. The van der Waals surface area contributed by atoms with E-state index in [2.05, 4.69) is 13.2 Å². The second-order valence-corrected chi connectivity index (χ2v) is 1.65. The zero-order valence-corrected chi connectivity index (χ0v) is 5.99. The number of hydrogen-bond donors (Lipinski definition) is 1. The molecule has 2 amide bonds. The molecule has 0 saturated carbocycles. The lowest BCUT2D eigenvalue weighted by Gasteiger charge is -2.12. The van der Waals surface area contributed by atoms with Gasteiger partial charge in [-0.05, 0) is 12.2 Å². The number of rotatable bonds is 3. The number of hydrogen-bond acceptors (Lipinski definition) is 3. The van der Waals surface area contributed by atoms with Crippen LogP contribution in [0.1, 0.15) is 0 Å². The fraction of sp³-hybridized carbons (Fsp3) is 0.143. The summed E-state index contributed by atoms with van der Waals surface area (Å²) >= 11 is 0. The molecule has 11 heavy (non-hydrogen) atoms. The van der Waals surface area contributed by atoms with Gasteiger partial charge in [-0.3, -0.25) is 14.5 Å². The van der Waals surface area contributed by atoms with Gasteiger partial charge in [0, 0.05) is 0 Å². The van der Waals surface area contributed by atoms with Crippen LogP contribution in [0.2, 0.25) is 0 Å². The van der Waals surface area contributed by atoms with Crippen LogP contribution in [0, 0.1) is 0 Å². The number of aliphatic hydroxyl groups excluding tert-OH is 1. The minimum atomic E-state index is -0.657. The minimum absolute atomic E-state index is 0.611. The molecule has 0 aliphatic rings. The van der Waals surface area contributed by atoms with E-state index >= 15 is 0 Å². The van der Waals surface area contributed by atoms with Crippen molar-refractivity contribution < 1.29 is 14.7 Å². The second kappa shape index (κ2) is 4.40. The maximum absolute atomic E-state index is 10.7. The summed E-state index contributed by atoms with van der Waals surface area (Å²) in [4.78, 5) is 22.1. The molecule has 60 valence electrons.